The lowest BCUT2D eigenvalue weighted by molar-refractivity contribution is -0.124. The molecule has 1 aromatic carbocycles. The van der Waals surface area contributed by atoms with Crippen molar-refractivity contribution in [3.63, 3.8) is 0 Å². The zero-order valence-electron chi connectivity index (χ0n) is 9.67. The van der Waals surface area contributed by atoms with Crippen molar-refractivity contribution in [2.45, 2.75) is 19.9 Å². The number of halogens is 2. The van der Waals surface area contributed by atoms with Gasteiger partial charge in [-0.1, -0.05) is 18.5 Å². The smallest absolute Gasteiger partial charge is 0.223 e. The second-order valence-corrected chi connectivity index (χ2v) is 4.37. The normalized spacial score (nSPS) is 12.2. The molecule has 1 amide bonds. The van der Waals surface area contributed by atoms with Crippen LogP contribution in [0.2, 0.25) is 5.02 Å². The molecule has 0 aliphatic rings. The van der Waals surface area contributed by atoms with Gasteiger partial charge in [0, 0.05) is 23.0 Å². The molecular formula is C12H16ClFN2O. The van der Waals surface area contributed by atoms with Crippen molar-refractivity contribution in [2.75, 3.05) is 6.54 Å². The van der Waals surface area contributed by atoms with Crippen LogP contribution in [-0.2, 0) is 11.3 Å². The summed E-state index contributed by atoms with van der Waals surface area (Å²) in [6, 6.07) is 4.26. The molecular weight excluding hydrogens is 243 g/mol. The van der Waals surface area contributed by atoms with E-state index in [4.69, 9.17) is 17.3 Å². The number of hydrogen-bond acceptors (Lipinski definition) is 2. The number of carbonyl (C=O) groups excluding carboxylic acids is 1. The molecule has 3 N–H and O–H groups in total. The Hall–Kier alpha value is -1.13. The van der Waals surface area contributed by atoms with Crippen LogP contribution in [0.3, 0.4) is 0 Å². The highest BCUT2D eigenvalue weighted by molar-refractivity contribution is 6.30. The van der Waals surface area contributed by atoms with E-state index in [0.29, 0.717) is 23.6 Å². The van der Waals surface area contributed by atoms with Crippen LogP contribution in [0.15, 0.2) is 18.2 Å². The number of carbonyl (C=O) groups is 1. The Kier molecular flexibility index (Phi) is 5.38. The van der Waals surface area contributed by atoms with Gasteiger partial charge in [-0.3, -0.25) is 4.79 Å². The fraction of sp³-hybridized carbons (Fsp3) is 0.417. The first-order valence-electron chi connectivity index (χ1n) is 5.46. The van der Waals surface area contributed by atoms with Gasteiger partial charge >= 0.3 is 0 Å². The highest BCUT2D eigenvalue weighted by Crippen LogP contribution is 2.14. The number of hydrogen-bond donors (Lipinski definition) is 2. The van der Waals surface area contributed by atoms with Gasteiger partial charge in [0.15, 0.2) is 0 Å². The van der Waals surface area contributed by atoms with Crippen molar-refractivity contribution in [3.8, 4) is 0 Å². The van der Waals surface area contributed by atoms with Crippen LogP contribution in [-0.4, -0.2) is 12.5 Å². The van der Waals surface area contributed by atoms with Gasteiger partial charge in [0.05, 0.1) is 0 Å². The van der Waals surface area contributed by atoms with E-state index >= 15 is 0 Å². The van der Waals surface area contributed by atoms with Crippen LogP contribution in [0, 0.1) is 11.7 Å². The number of rotatable bonds is 5. The van der Waals surface area contributed by atoms with Gasteiger partial charge in [-0.2, -0.15) is 0 Å². The maximum absolute atomic E-state index is 13.3. The summed E-state index contributed by atoms with van der Waals surface area (Å²) < 4.78 is 13.3. The average Bonchev–Trinajstić information content (AvgIpc) is 2.30. The van der Waals surface area contributed by atoms with Crippen molar-refractivity contribution >= 4 is 17.5 Å². The molecule has 0 fully saturated rings. The first-order chi connectivity index (χ1) is 8.04. The molecule has 0 saturated carbocycles. The lowest BCUT2D eigenvalue weighted by atomic mass is 10.1. The maximum Gasteiger partial charge on any atom is 0.223 e. The molecule has 0 radical (unpaired) electrons. The molecule has 0 spiro atoms. The predicted octanol–water partition coefficient (Wildman–Crippen LogP) is 2.08. The summed E-state index contributed by atoms with van der Waals surface area (Å²) in [5.74, 6) is -0.668. The fourth-order valence-electron chi connectivity index (χ4n) is 1.42. The minimum Gasteiger partial charge on any atom is -0.352 e. The van der Waals surface area contributed by atoms with Gasteiger partial charge in [0.2, 0.25) is 5.91 Å². The zero-order chi connectivity index (χ0) is 12.8. The van der Waals surface area contributed by atoms with Crippen LogP contribution >= 0.6 is 11.6 Å². The van der Waals surface area contributed by atoms with Gasteiger partial charge in [-0.05, 0) is 31.2 Å². The molecule has 0 aliphatic heterocycles. The molecule has 94 valence electrons. The summed E-state index contributed by atoms with van der Waals surface area (Å²) in [4.78, 5) is 11.6. The second-order valence-electron chi connectivity index (χ2n) is 3.93. The topological polar surface area (TPSA) is 55.1 Å². The summed E-state index contributed by atoms with van der Waals surface area (Å²) in [6.07, 6.45) is 0.615. The van der Waals surface area contributed by atoms with Crippen molar-refractivity contribution in [3.05, 3.63) is 34.6 Å². The summed E-state index contributed by atoms with van der Waals surface area (Å²) in [7, 11) is 0. The fourth-order valence-corrected chi connectivity index (χ4v) is 1.61. The van der Waals surface area contributed by atoms with Gasteiger partial charge in [-0.15, -0.1) is 0 Å². The van der Waals surface area contributed by atoms with Crippen molar-refractivity contribution in [1.82, 2.24) is 5.32 Å². The molecule has 1 aromatic rings. The minimum atomic E-state index is -0.374. The van der Waals surface area contributed by atoms with E-state index in [2.05, 4.69) is 5.32 Å². The van der Waals surface area contributed by atoms with Crippen LogP contribution in [0.1, 0.15) is 18.9 Å². The Bertz CT molecular complexity index is 398. The lowest BCUT2D eigenvalue weighted by Gasteiger charge is -2.11. The van der Waals surface area contributed by atoms with E-state index in [9.17, 15) is 9.18 Å². The zero-order valence-corrected chi connectivity index (χ0v) is 10.4. The third kappa shape index (κ3) is 4.32. The third-order valence-electron chi connectivity index (χ3n) is 2.51. The van der Waals surface area contributed by atoms with Crippen molar-refractivity contribution < 1.29 is 9.18 Å². The highest BCUT2D eigenvalue weighted by Gasteiger charge is 2.12. The van der Waals surface area contributed by atoms with E-state index in [1.54, 1.807) is 6.92 Å². The van der Waals surface area contributed by atoms with E-state index < -0.39 is 0 Å². The number of benzene rings is 1. The lowest BCUT2D eigenvalue weighted by Crippen LogP contribution is -2.30. The molecule has 0 bridgehead atoms. The first kappa shape index (κ1) is 13.9. The van der Waals surface area contributed by atoms with E-state index in [-0.39, 0.29) is 24.2 Å². The summed E-state index contributed by atoms with van der Waals surface area (Å²) >= 11 is 5.75. The highest BCUT2D eigenvalue weighted by atomic mass is 35.5. The molecule has 0 heterocycles. The van der Waals surface area contributed by atoms with Crippen molar-refractivity contribution in [2.24, 2.45) is 11.7 Å². The Labute approximate surface area is 105 Å². The second kappa shape index (κ2) is 6.57. The SMILES string of the molecule is CC(CCN)C(=O)NCc1cc(Cl)ccc1F. The van der Waals surface area contributed by atoms with E-state index in [1.807, 2.05) is 0 Å². The van der Waals surface area contributed by atoms with Crippen molar-refractivity contribution in [1.29, 1.82) is 0 Å². The average molecular weight is 259 g/mol. The van der Waals surface area contributed by atoms with Crippen LogP contribution in [0.25, 0.3) is 0 Å². The molecule has 5 heteroatoms. The van der Waals surface area contributed by atoms with E-state index in [1.165, 1.54) is 18.2 Å². The van der Waals surface area contributed by atoms with Gasteiger partial charge < -0.3 is 11.1 Å². The van der Waals surface area contributed by atoms with Gasteiger partial charge in [0.1, 0.15) is 5.82 Å². The summed E-state index contributed by atoms with van der Waals surface area (Å²) in [6.45, 7) is 2.39. The largest absolute Gasteiger partial charge is 0.352 e. The predicted molar refractivity (Wildman–Crippen MR) is 66.1 cm³/mol. The Morgan fingerprint density at radius 1 is 1.59 bits per heavy atom. The van der Waals surface area contributed by atoms with Crippen LogP contribution < -0.4 is 11.1 Å². The Balaban J connectivity index is 2.55. The van der Waals surface area contributed by atoms with Crippen LogP contribution in [0.4, 0.5) is 4.39 Å². The molecule has 0 saturated heterocycles. The Morgan fingerprint density at radius 2 is 2.29 bits per heavy atom. The molecule has 0 aromatic heterocycles. The molecule has 17 heavy (non-hydrogen) atoms. The van der Waals surface area contributed by atoms with Crippen LogP contribution in [0.5, 0.6) is 0 Å². The van der Waals surface area contributed by atoms with E-state index in [0.717, 1.165) is 0 Å². The molecule has 3 nitrogen and oxygen atoms in total. The number of nitrogens with two attached hydrogens (primary N) is 1. The van der Waals surface area contributed by atoms with Gasteiger partial charge in [-0.25, -0.2) is 4.39 Å². The molecule has 1 atom stereocenters. The summed E-state index contributed by atoms with van der Waals surface area (Å²) in [5.41, 5.74) is 5.74. The van der Waals surface area contributed by atoms with Gasteiger partial charge in [0.25, 0.3) is 0 Å². The minimum absolute atomic E-state index is 0.130. The third-order valence-corrected chi connectivity index (χ3v) is 2.74. The number of nitrogens with one attached hydrogen (secondary N) is 1. The molecule has 1 unspecified atom stereocenters. The summed E-state index contributed by atoms with van der Waals surface area (Å²) in [5, 5.41) is 3.11. The monoisotopic (exact) mass is 258 g/mol. The maximum atomic E-state index is 13.3. The first-order valence-corrected chi connectivity index (χ1v) is 5.84. The molecule has 1 rings (SSSR count). The number of amides is 1. The molecule has 0 aliphatic carbocycles. The standard InChI is InChI=1S/C12H16ClFN2O/c1-8(4-5-15)12(17)16-7-9-6-10(13)2-3-11(9)14/h2-3,6,8H,4-5,7,15H2,1H3,(H,16,17). The Morgan fingerprint density at radius 3 is 2.94 bits per heavy atom. The quantitative estimate of drug-likeness (QED) is 0.850.